The van der Waals surface area contributed by atoms with Crippen molar-refractivity contribution < 1.29 is 0 Å². The van der Waals surface area contributed by atoms with E-state index in [9.17, 15) is 0 Å². The number of piperazine rings is 1. The Kier molecular flexibility index (Phi) is 4.75. The SMILES string of the molecule is Brc1cccc(/C=N/N2CCN(C3c4ccccc4-c4ccccc43)CC2)c1. The molecule has 1 saturated heterocycles. The second kappa shape index (κ2) is 7.53. The lowest BCUT2D eigenvalue weighted by atomic mass is 10.0. The highest BCUT2D eigenvalue weighted by molar-refractivity contribution is 9.10. The number of hydrazone groups is 1. The van der Waals surface area contributed by atoms with Crippen LogP contribution in [0.1, 0.15) is 22.7 Å². The van der Waals surface area contributed by atoms with Crippen LogP contribution in [-0.4, -0.2) is 42.3 Å². The first-order chi connectivity index (χ1) is 13.8. The van der Waals surface area contributed by atoms with Crippen LogP contribution in [-0.2, 0) is 0 Å². The Labute approximate surface area is 174 Å². The standard InChI is InChI=1S/C24H22BrN3/c25-19-7-5-6-18(16-19)17-26-28-14-12-27(13-15-28)24-22-10-3-1-8-20(22)21-9-2-4-11-23(21)24/h1-11,16-17,24H,12-15H2/b26-17+. The molecular weight excluding hydrogens is 410 g/mol. The molecule has 0 saturated carbocycles. The van der Waals surface area contributed by atoms with Crippen LogP contribution in [0.25, 0.3) is 11.1 Å². The fraction of sp³-hybridized carbons (Fsp3) is 0.208. The quantitative estimate of drug-likeness (QED) is 0.532. The van der Waals surface area contributed by atoms with Crippen LogP contribution in [0.15, 0.2) is 82.4 Å². The van der Waals surface area contributed by atoms with Crippen LogP contribution in [0.5, 0.6) is 0 Å². The van der Waals surface area contributed by atoms with Crippen LogP contribution in [0.4, 0.5) is 0 Å². The molecule has 0 unspecified atom stereocenters. The first-order valence-corrected chi connectivity index (χ1v) is 10.6. The van der Waals surface area contributed by atoms with Gasteiger partial charge in [-0.2, -0.15) is 5.10 Å². The largest absolute Gasteiger partial charge is 0.294 e. The van der Waals surface area contributed by atoms with Crippen molar-refractivity contribution >= 4 is 22.1 Å². The highest BCUT2D eigenvalue weighted by atomic mass is 79.9. The lowest BCUT2D eigenvalue weighted by Gasteiger charge is -2.37. The van der Waals surface area contributed by atoms with Crippen molar-refractivity contribution in [2.75, 3.05) is 26.2 Å². The lowest BCUT2D eigenvalue weighted by Crippen LogP contribution is -2.45. The molecule has 1 aliphatic heterocycles. The molecule has 28 heavy (non-hydrogen) atoms. The Bertz CT molecular complexity index is 976. The van der Waals surface area contributed by atoms with Gasteiger partial charge in [-0.25, -0.2) is 0 Å². The Morgan fingerprint density at radius 2 is 1.43 bits per heavy atom. The van der Waals surface area contributed by atoms with Gasteiger partial charge in [-0.15, -0.1) is 0 Å². The minimum absolute atomic E-state index is 0.364. The van der Waals surface area contributed by atoms with Crippen LogP contribution in [0.2, 0.25) is 0 Å². The molecule has 3 aromatic carbocycles. The summed E-state index contributed by atoms with van der Waals surface area (Å²) in [5.74, 6) is 0. The summed E-state index contributed by atoms with van der Waals surface area (Å²) >= 11 is 3.52. The molecule has 4 heteroatoms. The fourth-order valence-corrected chi connectivity index (χ4v) is 4.76. The van der Waals surface area contributed by atoms with Crippen molar-refractivity contribution in [1.82, 2.24) is 9.91 Å². The van der Waals surface area contributed by atoms with Crippen LogP contribution < -0.4 is 0 Å². The Balaban J connectivity index is 1.32. The van der Waals surface area contributed by atoms with E-state index in [1.54, 1.807) is 0 Å². The molecule has 0 aromatic heterocycles. The van der Waals surface area contributed by atoms with Gasteiger partial charge in [0.25, 0.3) is 0 Å². The predicted molar refractivity (Wildman–Crippen MR) is 119 cm³/mol. The Morgan fingerprint density at radius 1 is 0.786 bits per heavy atom. The monoisotopic (exact) mass is 431 g/mol. The molecule has 2 aliphatic rings. The number of hydrogen-bond donors (Lipinski definition) is 0. The van der Waals surface area contributed by atoms with Gasteiger partial charge in [0, 0.05) is 30.7 Å². The van der Waals surface area contributed by atoms with Crippen molar-refractivity contribution in [1.29, 1.82) is 0 Å². The zero-order valence-electron chi connectivity index (χ0n) is 15.6. The molecule has 0 atom stereocenters. The van der Waals surface area contributed by atoms with E-state index in [-0.39, 0.29) is 0 Å². The summed E-state index contributed by atoms with van der Waals surface area (Å²) in [6, 6.07) is 26.3. The van der Waals surface area contributed by atoms with Crippen LogP contribution in [0, 0.1) is 0 Å². The van der Waals surface area contributed by atoms with Gasteiger partial charge >= 0.3 is 0 Å². The number of rotatable bonds is 3. The number of nitrogens with zero attached hydrogens (tertiary/aromatic N) is 3. The van der Waals surface area contributed by atoms with Crippen molar-refractivity contribution in [2.45, 2.75) is 6.04 Å². The molecule has 3 nitrogen and oxygen atoms in total. The lowest BCUT2D eigenvalue weighted by molar-refractivity contribution is 0.114. The molecule has 1 fully saturated rings. The number of halogens is 1. The number of hydrogen-bond acceptors (Lipinski definition) is 3. The Morgan fingerprint density at radius 3 is 2.07 bits per heavy atom. The molecule has 1 aliphatic carbocycles. The molecule has 0 amide bonds. The van der Waals surface area contributed by atoms with E-state index in [1.807, 2.05) is 18.3 Å². The number of benzene rings is 3. The van der Waals surface area contributed by atoms with Crippen LogP contribution in [0.3, 0.4) is 0 Å². The highest BCUT2D eigenvalue weighted by Crippen LogP contribution is 2.46. The van der Waals surface area contributed by atoms with Gasteiger partial charge in [0.1, 0.15) is 0 Å². The smallest absolute Gasteiger partial charge is 0.0615 e. The van der Waals surface area contributed by atoms with E-state index < -0.39 is 0 Å². The molecule has 0 spiro atoms. The zero-order valence-corrected chi connectivity index (χ0v) is 17.2. The topological polar surface area (TPSA) is 18.8 Å². The van der Waals surface area contributed by atoms with Gasteiger partial charge in [-0.3, -0.25) is 9.91 Å². The molecule has 0 bridgehead atoms. The Hall–Kier alpha value is -2.43. The summed E-state index contributed by atoms with van der Waals surface area (Å²) in [4.78, 5) is 2.61. The predicted octanol–water partition coefficient (Wildman–Crippen LogP) is 5.17. The second-order valence-corrected chi connectivity index (χ2v) is 8.28. The second-order valence-electron chi connectivity index (χ2n) is 7.37. The molecular formula is C24H22BrN3. The molecule has 0 radical (unpaired) electrons. The van der Waals surface area contributed by atoms with Crippen molar-refractivity contribution in [3.8, 4) is 11.1 Å². The maximum Gasteiger partial charge on any atom is 0.0615 e. The van der Waals surface area contributed by atoms with Gasteiger partial charge in [0.15, 0.2) is 0 Å². The van der Waals surface area contributed by atoms with E-state index in [4.69, 9.17) is 5.10 Å². The van der Waals surface area contributed by atoms with E-state index >= 15 is 0 Å². The molecule has 5 rings (SSSR count). The fourth-order valence-electron chi connectivity index (χ4n) is 4.34. The summed E-state index contributed by atoms with van der Waals surface area (Å²) < 4.78 is 1.08. The average Bonchev–Trinajstić information content (AvgIpc) is 3.07. The third kappa shape index (κ3) is 3.27. The van der Waals surface area contributed by atoms with Crippen LogP contribution >= 0.6 is 15.9 Å². The summed E-state index contributed by atoms with van der Waals surface area (Å²) in [6.07, 6.45) is 1.96. The van der Waals surface area contributed by atoms with Gasteiger partial charge in [0.2, 0.25) is 0 Å². The van der Waals surface area contributed by atoms with E-state index in [0.29, 0.717) is 6.04 Å². The molecule has 140 valence electrons. The maximum atomic E-state index is 4.71. The van der Waals surface area contributed by atoms with Gasteiger partial charge in [0.05, 0.1) is 12.3 Å². The summed E-state index contributed by atoms with van der Waals surface area (Å²) in [5.41, 5.74) is 6.77. The zero-order chi connectivity index (χ0) is 18.9. The summed E-state index contributed by atoms with van der Waals surface area (Å²) in [5, 5.41) is 6.89. The average molecular weight is 432 g/mol. The van der Waals surface area contributed by atoms with E-state index in [0.717, 1.165) is 36.2 Å². The van der Waals surface area contributed by atoms with Crippen molar-refractivity contribution in [3.05, 3.63) is 94.0 Å². The molecule has 3 aromatic rings. The first kappa shape index (κ1) is 17.7. The third-order valence-electron chi connectivity index (χ3n) is 5.68. The van der Waals surface area contributed by atoms with Gasteiger partial charge in [-0.1, -0.05) is 76.6 Å². The highest BCUT2D eigenvalue weighted by Gasteiger charge is 2.33. The maximum absolute atomic E-state index is 4.71. The van der Waals surface area contributed by atoms with E-state index in [2.05, 4.69) is 86.5 Å². The number of fused-ring (bicyclic) bond motifs is 3. The van der Waals surface area contributed by atoms with Gasteiger partial charge < -0.3 is 0 Å². The minimum atomic E-state index is 0.364. The minimum Gasteiger partial charge on any atom is -0.294 e. The first-order valence-electron chi connectivity index (χ1n) is 9.76. The van der Waals surface area contributed by atoms with Gasteiger partial charge in [-0.05, 0) is 39.9 Å². The third-order valence-corrected chi connectivity index (χ3v) is 6.17. The van der Waals surface area contributed by atoms with E-state index in [1.165, 1.54) is 22.3 Å². The summed E-state index contributed by atoms with van der Waals surface area (Å²) in [6.45, 7) is 3.93. The van der Waals surface area contributed by atoms with Crippen molar-refractivity contribution in [3.63, 3.8) is 0 Å². The molecule has 1 heterocycles. The van der Waals surface area contributed by atoms with Crippen molar-refractivity contribution in [2.24, 2.45) is 5.10 Å². The molecule has 0 N–H and O–H groups in total. The normalized spacial score (nSPS) is 17.1. The summed E-state index contributed by atoms with van der Waals surface area (Å²) in [7, 11) is 0.